The molecule has 0 saturated heterocycles. The fraction of sp³-hybridized carbons (Fsp3) is 0.333. The van der Waals surface area contributed by atoms with Gasteiger partial charge in [-0.3, -0.25) is 9.59 Å². The quantitative estimate of drug-likeness (QED) is 0.808. The predicted molar refractivity (Wildman–Crippen MR) is 93.5 cm³/mol. The highest BCUT2D eigenvalue weighted by Crippen LogP contribution is 2.10. The summed E-state index contributed by atoms with van der Waals surface area (Å²) in [4.78, 5) is 25.1. The predicted octanol–water partition coefficient (Wildman–Crippen LogP) is 3.00. The number of rotatable bonds is 7. The van der Waals surface area contributed by atoms with Gasteiger partial charge in [0.2, 0.25) is 5.91 Å². The third-order valence-electron chi connectivity index (χ3n) is 3.61. The largest absolute Gasteiger partial charge is 0.354 e. The summed E-state index contributed by atoms with van der Waals surface area (Å²) in [5.41, 5.74) is 0.945. The first-order valence-electron chi connectivity index (χ1n) is 7.84. The van der Waals surface area contributed by atoms with E-state index in [4.69, 9.17) is 0 Å². The summed E-state index contributed by atoms with van der Waals surface area (Å²) in [6.07, 6.45) is 0.607. The molecule has 6 heteroatoms. The highest BCUT2D eigenvalue weighted by molar-refractivity contribution is 7.12. The Bertz CT molecular complexity index is 669. The Kier molecular flexibility index (Phi) is 6.49. The lowest BCUT2D eigenvalue weighted by Crippen LogP contribution is -2.49. The van der Waals surface area contributed by atoms with E-state index in [1.807, 2.05) is 19.2 Å². The molecule has 0 bridgehead atoms. The maximum Gasteiger partial charge on any atom is 0.262 e. The van der Waals surface area contributed by atoms with E-state index in [0.717, 1.165) is 5.56 Å². The maximum absolute atomic E-state index is 12.9. The molecule has 0 aliphatic rings. The van der Waals surface area contributed by atoms with Crippen LogP contribution >= 0.6 is 11.3 Å². The molecule has 0 spiro atoms. The van der Waals surface area contributed by atoms with Gasteiger partial charge >= 0.3 is 0 Å². The molecule has 0 aliphatic carbocycles. The van der Waals surface area contributed by atoms with Gasteiger partial charge in [0.15, 0.2) is 0 Å². The van der Waals surface area contributed by atoms with Crippen LogP contribution in [0.2, 0.25) is 0 Å². The Morgan fingerprint density at radius 3 is 2.46 bits per heavy atom. The molecule has 0 fully saturated rings. The number of amides is 2. The minimum Gasteiger partial charge on any atom is -0.354 e. The molecule has 1 heterocycles. The molecule has 0 radical (unpaired) electrons. The second kappa shape index (κ2) is 8.59. The Labute approximate surface area is 145 Å². The molecular weight excluding hydrogens is 327 g/mol. The van der Waals surface area contributed by atoms with Gasteiger partial charge in [0, 0.05) is 6.54 Å². The van der Waals surface area contributed by atoms with Crippen LogP contribution < -0.4 is 10.6 Å². The number of halogens is 1. The molecule has 2 rings (SSSR count). The zero-order valence-electron chi connectivity index (χ0n) is 13.7. The van der Waals surface area contributed by atoms with Gasteiger partial charge in [-0.2, -0.15) is 0 Å². The van der Waals surface area contributed by atoms with Crippen LogP contribution in [-0.2, 0) is 11.2 Å². The summed E-state index contributed by atoms with van der Waals surface area (Å²) in [5.74, 6) is -0.756. The van der Waals surface area contributed by atoms with Gasteiger partial charge in [-0.15, -0.1) is 11.3 Å². The molecule has 2 aromatic rings. The van der Waals surface area contributed by atoms with Crippen molar-refractivity contribution in [2.24, 2.45) is 5.92 Å². The van der Waals surface area contributed by atoms with Gasteiger partial charge in [0.25, 0.3) is 5.91 Å². The molecular formula is C18H21FN2O2S. The molecule has 0 saturated carbocycles. The van der Waals surface area contributed by atoms with Crippen LogP contribution in [0.1, 0.15) is 29.1 Å². The summed E-state index contributed by atoms with van der Waals surface area (Å²) in [6.45, 7) is 4.21. The van der Waals surface area contributed by atoms with E-state index in [-0.39, 0.29) is 23.5 Å². The van der Waals surface area contributed by atoms with Gasteiger partial charge in [-0.05, 0) is 41.5 Å². The Hall–Kier alpha value is -2.21. The van der Waals surface area contributed by atoms with Crippen LogP contribution in [0.5, 0.6) is 0 Å². The van der Waals surface area contributed by atoms with E-state index in [1.165, 1.54) is 23.5 Å². The molecule has 0 aliphatic heterocycles. The maximum atomic E-state index is 12.9. The molecule has 4 nitrogen and oxygen atoms in total. The van der Waals surface area contributed by atoms with Crippen LogP contribution in [0.4, 0.5) is 4.39 Å². The summed E-state index contributed by atoms with van der Waals surface area (Å²) < 4.78 is 12.9. The minimum atomic E-state index is -0.590. The Balaban J connectivity index is 1.87. The van der Waals surface area contributed by atoms with E-state index in [0.29, 0.717) is 17.8 Å². The third-order valence-corrected chi connectivity index (χ3v) is 4.48. The topological polar surface area (TPSA) is 58.2 Å². The number of hydrogen-bond acceptors (Lipinski definition) is 3. The Morgan fingerprint density at radius 2 is 1.88 bits per heavy atom. The molecule has 24 heavy (non-hydrogen) atoms. The highest BCUT2D eigenvalue weighted by atomic mass is 32.1. The number of thiophene rings is 1. The fourth-order valence-corrected chi connectivity index (χ4v) is 2.87. The van der Waals surface area contributed by atoms with Gasteiger partial charge < -0.3 is 10.6 Å². The lowest BCUT2D eigenvalue weighted by molar-refractivity contribution is -0.123. The third kappa shape index (κ3) is 5.16. The first-order chi connectivity index (χ1) is 11.5. The number of carbonyl (C=O) groups is 2. The summed E-state index contributed by atoms with van der Waals surface area (Å²) in [7, 11) is 0. The van der Waals surface area contributed by atoms with Crippen molar-refractivity contribution < 1.29 is 14.0 Å². The first kappa shape index (κ1) is 18.1. The standard InChI is InChI=1S/C18H21FN2O2S/c1-12(2)16(21-17(22)15-4-3-11-24-15)18(23)20-10-9-13-5-7-14(19)8-6-13/h3-8,11-12,16H,9-10H2,1-2H3,(H,20,23)(H,21,22)/t16-/m1/s1. The van der Waals surface area contributed by atoms with Crippen molar-refractivity contribution in [2.45, 2.75) is 26.3 Å². The normalized spacial score (nSPS) is 12.0. The van der Waals surface area contributed by atoms with Crippen LogP contribution in [0.3, 0.4) is 0 Å². The monoisotopic (exact) mass is 348 g/mol. The van der Waals surface area contributed by atoms with Gasteiger partial charge in [0.05, 0.1) is 4.88 Å². The number of carbonyl (C=O) groups excluding carboxylic acids is 2. The molecule has 2 N–H and O–H groups in total. The second-order valence-corrected chi connectivity index (χ2v) is 6.79. The molecule has 0 unspecified atom stereocenters. The van der Waals surface area contributed by atoms with Crippen molar-refractivity contribution >= 4 is 23.2 Å². The van der Waals surface area contributed by atoms with Crippen molar-refractivity contribution in [3.05, 3.63) is 58.0 Å². The van der Waals surface area contributed by atoms with Crippen molar-refractivity contribution in [3.63, 3.8) is 0 Å². The van der Waals surface area contributed by atoms with Gasteiger partial charge in [0.1, 0.15) is 11.9 Å². The number of nitrogens with one attached hydrogen (secondary N) is 2. The van der Waals surface area contributed by atoms with Crippen molar-refractivity contribution in [1.29, 1.82) is 0 Å². The van der Waals surface area contributed by atoms with Crippen LogP contribution in [0, 0.1) is 11.7 Å². The molecule has 2 amide bonds. The number of hydrogen-bond donors (Lipinski definition) is 2. The van der Waals surface area contributed by atoms with Crippen LogP contribution in [0.25, 0.3) is 0 Å². The van der Waals surface area contributed by atoms with E-state index in [9.17, 15) is 14.0 Å². The van der Waals surface area contributed by atoms with Crippen molar-refractivity contribution in [3.8, 4) is 0 Å². The molecule has 1 atom stereocenters. The second-order valence-electron chi connectivity index (χ2n) is 5.84. The minimum absolute atomic E-state index is 0.0280. The van der Waals surface area contributed by atoms with Crippen molar-refractivity contribution in [2.75, 3.05) is 6.54 Å². The van der Waals surface area contributed by atoms with E-state index in [1.54, 1.807) is 24.3 Å². The molecule has 1 aromatic heterocycles. The lowest BCUT2D eigenvalue weighted by Gasteiger charge is -2.21. The first-order valence-corrected chi connectivity index (χ1v) is 8.72. The fourth-order valence-electron chi connectivity index (χ4n) is 2.25. The smallest absolute Gasteiger partial charge is 0.262 e. The Morgan fingerprint density at radius 1 is 1.17 bits per heavy atom. The zero-order valence-corrected chi connectivity index (χ0v) is 14.5. The van der Waals surface area contributed by atoms with E-state index in [2.05, 4.69) is 10.6 Å². The molecule has 128 valence electrons. The zero-order chi connectivity index (χ0) is 17.5. The van der Waals surface area contributed by atoms with Crippen LogP contribution in [0.15, 0.2) is 41.8 Å². The molecule has 1 aromatic carbocycles. The highest BCUT2D eigenvalue weighted by Gasteiger charge is 2.24. The number of benzene rings is 1. The van der Waals surface area contributed by atoms with E-state index >= 15 is 0 Å². The summed E-state index contributed by atoms with van der Waals surface area (Å²) in [5, 5.41) is 7.44. The van der Waals surface area contributed by atoms with Gasteiger partial charge in [-0.1, -0.05) is 32.0 Å². The van der Waals surface area contributed by atoms with Gasteiger partial charge in [-0.25, -0.2) is 4.39 Å². The lowest BCUT2D eigenvalue weighted by atomic mass is 10.0. The van der Waals surface area contributed by atoms with Crippen LogP contribution in [-0.4, -0.2) is 24.4 Å². The average molecular weight is 348 g/mol. The SMILES string of the molecule is CC(C)[C@@H](NC(=O)c1cccs1)C(=O)NCCc1ccc(F)cc1. The summed E-state index contributed by atoms with van der Waals surface area (Å²) in [6, 6.07) is 9.12. The summed E-state index contributed by atoms with van der Waals surface area (Å²) >= 11 is 1.34. The van der Waals surface area contributed by atoms with Crippen molar-refractivity contribution in [1.82, 2.24) is 10.6 Å². The average Bonchev–Trinajstić information content (AvgIpc) is 3.08. The van der Waals surface area contributed by atoms with E-state index < -0.39 is 6.04 Å².